The second-order valence-electron chi connectivity index (χ2n) is 3.68. The summed E-state index contributed by atoms with van der Waals surface area (Å²) >= 11 is 8.92. The molecule has 8 heteroatoms. The Balaban J connectivity index is 2.58. The maximum atomic E-state index is 11.6. The number of nitro groups is 1. The van der Waals surface area contributed by atoms with Crippen LogP contribution in [0.15, 0.2) is 16.6 Å². The third-order valence-corrected chi connectivity index (χ3v) is 3.78. The third-order valence-electron chi connectivity index (χ3n) is 2.51. The van der Waals surface area contributed by atoms with Crippen LogP contribution in [0.3, 0.4) is 0 Å². The van der Waals surface area contributed by atoms with E-state index in [4.69, 9.17) is 11.6 Å². The molecule has 6 nitrogen and oxygen atoms in total. The molecule has 1 aliphatic rings. The van der Waals surface area contributed by atoms with E-state index in [1.165, 1.54) is 12.1 Å². The first kappa shape index (κ1) is 13.0. The van der Waals surface area contributed by atoms with Crippen molar-refractivity contribution < 1.29 is 14.5 Å². The van der Waals surface area contributed by atoms with Gasteiger partial charge in [-0.15, -0.1) is 0 Å². The quantitative estimate of drug-likeness (QED) is 0.472. The zero-order chi connectivity index (χ0) is 13.4. The molecular formula is C10H6BrClN2O4. The summed E-state index contributed by atoms with van der Waals surface area (Å²) in [5.74, 6) is -0.727. The van der Waals surface area contributed by atoms with Gasteiger partial charge in [-0.3, -0.25) is 24.6 Å². The van der Waals surface area contributed by atoms with Crippen LogP contribution in [0.25, 0.3) is 0 Å². The summed E-state index contributed by atoms with van der Waals surface area (Å²) < 4.78 is 0.359. The maximum Gasteiger partial charge on any atom is 0.312 e. The molecule has 1 saturated heterocycles. The molecule has 0 saturated carbocycles. The Hall–Kier alpha value is -1.47. The molecule has 1 aliphatic heterocycles. The van der Waals surface area contributed by atoms with Crippen LogP contribution >= 0.6 is 27.5 Å². The second-order valence-corrected chi connectivity index (χ2v) is 4.91. The number of halogens is 2. The van der Waals surface area contributed by atoms with Crippen molar-refractivity contribution >= 4 is 50.6 Å². The lowest BCUT2D eigenvalue weighted by molar-refractivity contribution is -0.384. The average Bonchev–Trinajstić information content (AvgIpc) is 2.61. The lowest BCUT2D eigenvalue weighted by Crippen LogP contribution is -2.25. The van der Waals surface area contributed by atoms with Crippen molar-refractivity contribution in [3.8, 4) is 0 Å². The van der Waals surface area contributed by atoms with E-state index in [0.29, 0.717) is 4.47 Å². The second kappa shape index (κ2) is 4.66. The van der Waals surface area contributed by atoms with Crippen molar-refractivity contribution in [2.75, 3.05) is 11.4 Å². The zero-order valence-electron chi connectivity index (χ0n) is 8.85. The number of rotatable bonds is 2. The van der Waals surface area contributed by atoms with Gasteiger partial charge < -0.3 is 0 Å². The van der Waals surface area contributed by atoms with Crippen molar-refractivity contribution in [1.82, 2.24) is 0 Å². The fourth-order valence-electron chi connectivity index (χ4n) is 1.73. The van der Waals surface area contributed by atoms with Crippen LogP contribution in [0.5, 0.6) is 0 Å². The number of nitro benzene ring substituents is 1. The Morgan fingerprint density at radius 3 is 2.56 bits per heavy atom. The van der Waals surface area contributed by atoms with Gasteiger partial charge in [0.05, 0.1) is 17.9 Å². The number of hydrogen-bond donors (Lipinski definition) is 0. The van der Waals surface area contributed by atoms with Gasteiger partial charge in [0.15, 0.2) is 5.78 Å². The Kier molecular flexibility index (Phi) is 3.36. The van der Waals surface area contributed by atoms with E-state index in [-0.39, 0.29) is 35.1 Å². The molecule has 18 heavy (non-hydrogen) atoms. The smallest absolute Gasteiger partial charge is 0.298 e. The van der Waals surface area contributed by atoms with E-state index in [2.05, 4.69) is 15.9 Å². The molecule has 0 spiro atoms. The third kappa shape index (κ3) is 2.11. The van der Waals surface area contributed by atoms with Gasteiger partial charge in [0.2, 0.25) is 5.91 Å². The van der Waals surface area contributed by atoms with Crippen molar-refractivity contribution in [2.45, 2.75) is 6.42 Å². The molecule has 2 rings (SSSR count). The summed E-state index contributed by atoms with van der Waals surface area (Å²) in [5.41, 5.74) is -0.335. The monoisotopic (exact) mass is 332 g/mol. The van der Waals surface area contributed by atoms with Gasteiger partial charge in [-0.1, -0.05) is 11.6 Å². The number of hydrogen-bond acceptors (Lipinski definition) is 4. The molecule has 0 aromatic heterocycles. The van der Waals surface area contributed by atoms with Crippen LogP contribution < -0.4 is 4.90 Å². The first-order chi connectivity index (χ1) is 8.41. The van der Waals surface area contributed by atoms with Gasteiger partial charge in [0.1, 0.15) is 10.7 Å². The fraction of sp³-hybridized carbons (Fsp3) is 0.200. The van der Waals surface area contributed by atoms with Crippen LogP contribution in [0.4, 0.5) is 11.4 Å². The van der Waals surface area contributed by atoms with E-state index in [1.54, 1.807) is 0 Å². The molecular weight excluding hydrogens is 327 g/mol. The summed E-state index contributed by atoms with van der Waals surface area (Å²) in [7, 11) is 0. The number of ketones is 1. The molecule has 0 aliphatic carbocycles. The summed E-state index contributed by atoms with van der Waals surface area (Å²) in [5, 5.41) is 10.9. The summed E-state index contributed by atoms with van der Waals surface area (Å²) in [6.07, 6.45) is -0.231. The minimum absolute atomic E-state index is 0.0454. The molecule has 0 N–H and O–H groups in total. The van der Waals surface area contributed by atoms with Gasteiger partial charge >= 0.3 is 5.69 Å². The highest BCUT2D eigenvalue weighted by molar-refractivity contribution is 9.10. The first-order valence-electron chi connectivity index (χ1n) is 4.86. The van der Waals surface area contributed by atoms with Gasteiger partial charge in [-0.25, -0.2) is 0 Å². The lowest BCUT2D eigenvalue weighted by Gasteiger charge is -2.15. The molecule has 94 valence electrons. The van der Waals surface area contributed by atoms with Crippen LogP contribution in [0.2, 0.25) is 5.02 Å². The van der Waals surface area contributed by atoms with E-state index in [0.717, 1.165) is 4.90 Å². The van der Waals surface area contributed by atoms with Gasteiger partial charge in [-0.2, -0.15) is 0 Å². The van der Waals surface area contributed by atoms with Gasteiger partial charge in [0, 0.05) is 4.47 Å². The number of benzene rings is 1. The first-order valence-corrected chi connectivity index (χ1v) is 6.03. The standard InChI is InChI=1S/C10H6BrClN2O4/c11-6-1-2-7(10(9(6)12)14(17)18)13-4-5(15)3-8(13)16/h1-2H,3-4H2. The number of amides is 1. The van der Waals surface area contributed by atoms with E-state index in [9.17, 15) is 19.7 Å². The van der Waals surface area contributed by atoms with Crippen LogP contribution in [-0.4, -0.2) is 23.2 Å². The normalized spacial score (nSPS) is 15.3. The van der Waals surface area contributed by atoms with Crippen LogP contribution in [-0.2, 0) is 9.59 Å². The van der Waals surface area contributed by atoms with E-state index < -0.39 is 10.8 Å². The number of nitrogens with zero attached hydrogens (tertiary/aromatic N) is 2. The summed E-state index contributed by atoms with van der Waals surface area (Å²) in [6.45, 7) is -0.155. The highest BCUT2D eigenvalue weighted by Gasteiger charge is 2.34. The largest absolute Gasteiger partial charge is 0.312 e. The Morgan fingerprint density at radius 2 is 2.06 bits per heavy atom. The highest BCUT2D eigenvalue weighted by atomic mass is 79.9. The maximum absolute atomic E-state index is 11.6. The zero-order valence-corrected chi connectivity index (χ0v) is 11.2. The predicted octanol–water partition coefficient (Wildman–Crippen LogP) is 2.32. The van der Waals surface area contributed by atoms with Crippen LogP contribution in [0.1, 0.15) is 6.42 Å². The van der Waals surface area contributed by atoms with Crippen molar-refractivity contribution in [3.63, 3.8) is 0 Å². The molecule has 1 aromatic carbocycles. The highest BCUT2D eigenvalue weighted by Crippen LogP contribution is 2.40. The molecule has 1 heterocycles. The molecule has 1 fully saturated rings. The molecule has 1 amide bonds. The Morgan fingerprint density at radius 1 is 1.39 bits per heavy atom. The predicted molar refractivity (Wildman–Crippen MR) is 67.8 cm³/mol. The average molecular weight is 334 g/mol. The number of Topliss-reactive ketones (excluding diaryl/α,β-unsaturated/α-hetero) is 1. The summed E-state index contributed by atoms with van der Waals surface area (Å²) in [6, 6.07) is 2.89. The van der Waals surface area contributed by atoms with Gasteiger partial charge in [0.25, 0.3) is 0 Å². The van der Waals surface area contributed by atoms with Crippen molar-refractivity contribution in [1.29, 1.82) is 0 Å². The Labute approximate surface area is 115 Å². The van der Waals surface area contributed by atoms with E-state index >= 15 is 0 Å². The number of anilines is 1. The number of carbonyl (C=O) groups is 2. The van der Waals surface area contributed by atoms with E-state index in [1.807, 2.05) is 0 Å². The molecule has 0 bridgehead atoms. The van der Waals surface area contributed by atoms with Crippen LogP contribution in [0, 0.1) is 10.1 Å². The van der Waals surface area contributed by atoms with Crippen molar-refractivity contribution in [3.05, 3.63) is 31.7 Å². The molecule has 1 aromatic rings. The molecule has 0 radical (unpaired) electrons. The minimum atomic E-state index is -0.668. The topological polar surface area (TPSA) is 80.5 Å². The fourth-order valence-corrected chi connectivity index (χ4v) is 2.27. The number of carbonyl (C=O) groups excluding carboxylic acids is 2. The molecule has 0 atom stereocenters. The summed E-state index contributed by atoms with van der Waals surface area (Å²) in [4.78, 5) is 34.2. The Bertz CT molecular complexity index is 575. The minimum Gasteiger partial charge on any atom is -0.298 e. The SMILES string of the molecule is O=C1CC(=O)N(c2ccc(Br)c(Cl)c2[N+](=O)[O-])C1. The lowest BCUT2D eigenvalue weighted by atomic mass is 10.2. The van der Waals surface area contributed by atoms with Gasteiger partial charge in [-0.05, 0) is 28.1 Å². The van der Waals surface area contributed by atoms with Crippen molar-refractivity contribution in [2.24, 2.45) is 0 Å². The molecule has 0 unspecified atom stereocenters.